The maximum absolute atomic E-state index is 11.7. The van der Waals surface area contributed by atoms with Gasteiger partial charge in [0.1, 0.15) is 5.75 Å². The van der Waals surface area contributed by atoms with Crippen molar-refractivity contribution in [2.24, 2.45) is 5.92 Å². The number of nitrogens with one attached hydrogen (secondary N) is 1. The van der Waals surface area contributed by atoms with E-state index in [1.165, 1.54) is 0 Å². The quantitative estimate of drug-likeness (QED) is 0.734. The lowest BCUT2D eigenvalue weighted by Crippen LogP contribution is -2.29. The summed E-state index contributed by atoms with van der Waals surface area (Å²) in [5.41, 5.74) is 0.798. The predicted molar refractivity (Wildman–Crippen MR) is 74.6 cm³/mol. The number of hydrogen-bond donors (Lipinski definition) is 2. The minimum atomic E-state index is -0.0663. The van der Waals surface area contributed by atoms with E-state index in [9.17, 15) is 9.90 Å². The number of carbonyl (C=O) groups excluding carboxylic acids is 1. The fraction of sp³-hybridized carbons (Fsp3) is 0.533. The molecule has 1 aromatic carbocycles. The molecule has 1 aliphatic rings. The largest absolute Gasteiger partial charge is 0.508 e. The topological polar surface area (TPSA) is 67.8 Å². The summed E-state index contributed by atoms with van der Waals surface area (Å²) in [6.45, 7) is 3.33. The SMILES string of the molecule is O=C(Cc1cccc(O)c1)NCCOC[C@@H]1CCOC1. The van der Waals surface area contributed by atoms with Gasteiger partial charge >= 0.3 is 0 Å². The van der Waals surface area contributed by atoms with Gasteiger partial charge in [-0.2, -0.15) is 0 Å². The molecule has 20 heavy (non-hydrogen) atoms. The van der Waals surface area contributed by atoms with Crippen molar-refractivity contribution in [2.45, 2.75) is 12.8 Å². The number of rotatable bonds is 7. The lowest BCUT2D eigenvalue weighted by molar-refractivity contribution is -0.120. The van der Waals surface area contributed by atoms with Gasteiger partial charge < -0.3 is 19.9 Å². The Bertz CT molecular complexity index is 430. The Morgan fingerprint density at radius 3 is 3.15 bits per heavy atom. The van der Waals surface area contributed by atoms with Crippen molar-refractivity contribution in [3.05, 3.63) is 29.8 Å². The van der Waals surface area contributed by atoms with Gasteiger partial charge in [-0.05, 0) is 24.1 Å². The van der Waals surface area contributed by atoms with Crippen LogP contribution in [0.15, 0.2) is 24.3 Å². The maximum atomic E-state index is 11.7. The van der Waals surface area contributed by atoms with Crippen LogP contribution in [0.3, 0.4) is 0 Å². The first-order valence-corrected chi connectivity index (χ1v) is 6.94. The molecule has 0 radical (unpaired) electrons. The van der Waals surface area contributed by atoms with Gasteiger partial charge in [0.05, 0.1) is 26.2 Å². The minimum absolute atomic E-state index is 0.0663. The van der Waals surface area contributed by atoms with Gasteiger partial charge in [-0.15, -0.1) is 0 Å². The number of phenols is 1. The van der Waals surface area contributed by atoms with Crippen LogP contribution in [0.1, 0.15) is 12.0 Å². The first-order chi connectivity index (χ1) is 9.74. The van der Waals surface area contributed by atoms with Crippen LogP contribution in [-0.4, -0.2) is 44.0 Å². The second-order valence-electron chi connectivity index (χ2n) is 5.00. The van der Waals surface area contributed by atoms with Crippen molar-refractivity contribution < 1.29 is 19.4 Å². The van der Waals surface area contributed by atoms with E-state index in [1.54, 1.807) is 18.2 Å². The van der Waals surface area contributed by atoms with Crippen LogP contribution < -0.4 is 5.32 Å². The minimum Gasteiger partial charge on any atom is -0.508 e. The van der Waals surface area contributed by atoms with E-state index in [0.717, 1.165) is 25.2 Å². The molecule has 110 valence electrons. The molecule has 0 aromatic heterocycles. The van der Waals surface area contributed by atoms with Crippen LogP contribution in [0.4, 0.5) is 0 Å². The van der Waals surface area contributed by atoms with Crippen molar-refractivity contribution >= 4 is 5.91 Å². The third-order valence-electron chi connectivity index (χ3n) is 3.22. The highest BCUT2D eigenvalue weighted by molar-refractivity contribution is 5.78. The number of benzene rings is 1. The van der Waals surface area contributed by atoms with E-state index in [1.807, 2.05) is 6.07 Å². The highest BCUT2D eigenvalue weighted by Gasteiger charge is 2.15. The Labute approximate surface area is 118 Å². The van der Waals surface area contributed by atoms with E-state index in [4.69, 9.17) is 9.47 Å². The molecule has 1 aromatic rings. The first-order valence-electron chi connectivity index (χ1n) is 6.94. The molecule has 0 saturated carbocycles. The molecule has 1 fully saturated rings. The fourth-order valence-electron chi connectivity index (χ4n) is 2.14. The molecule has 1 saturated heterocycles. The van der Waals surface area contributed by atoms with Gasteiger partial charge in [-0.1, -0.05) is 12.1 Å². The summed E-state index contributed by atoms with van der Waals surface area (Å²) in [5.74, 6) is 0.610. The average Bonchev–Trinajstić information content (AvgIpc) is 2.91. The molecule has 1 aliphatic heterocycles. The number of hydrogen-bond acceptors (Lipinski definition) is 4. The second kappa shape index (κ2) is 7.87. The van der Waals surface area contributed by atoms with Gasteiger partial charge in [0.2, 0.25) is 5.91 Å². The lowest BCUT2D eigenvalue weighted by atomic mass is 10.1. The number of ether oxygens (including phenoxy) is 2. The number of amides is 1. The van der Waals surface area contributed by atoms with Crippen LogP contribution >= 0.6 is 0 Å². The van der Waals surface area contributed by atoms with E-state index in [2.05, 4.69) is 5.32 Å². The molecule has 5 nitrogen and oxygen atoms in total. The average molecular weight is 279 g/mol. The summed E-state index contributed by atoms with van der Waals surface area (Å²) in [7, 11) is 0. The lowest BCUT2D eigenvalue weighted by Gasteiger charge is -2.09. The van der Waals surface area contributed by atoms with E-state index in [-0.39, 0.29) is 18.1 Å². The standard InChI is InChI=1S/C15H21NO4/c17-14-3-1-2-12(8-14)9-15(18)16-5-7-20-11-13-4-6-19-10-13/h1-3,8,13,17H,4-7,9-11H2,(H,16,18)/t13-/m1/s1. The Kier molecular flexibility index (Phi) is 5.83. The van der Waals surface area contributed by atoms with Crippen LogP contribution in [0.25, 0.3) is 0 Å². The molecule has 1 amide bonds. The third-order valence-corrected chi connectivity index (χ3v) is 3.22. The molecule has 1 atom stereocenters. The Morgan fingerprint density at radius 2 is 2.40 bits per heavy atom. The second-order valence-corrected chi connectivity index (χ2v) is 5.00. The van der Waals surface area contributed by atoms with Crippen molar-refractivity contribution in [3.63, 3.8) is 0 Å². The molecule has 0 aliphatic carbocycles. The fourth-order valence-corrected chi connectivity index (χ4v) is 2.14. The summed E-state index contributed by atoms with van der Waals surface area (Å²) in [6, 6.07) is 6.72. The van der Waals surface area contributed by atoms with Crippen molar-refractivity contribution in [3.8, 4) is 5.75 Å². The summed E-state index contributed by atoms with van der Waals surface area (Å²) < 4.78 is 10.8. The van der Waals surface area contributed by atoms with E-state index >= 15 is 0 Å². The van der Waals surface area contributed by atoms with Crippen molar-refractivity contribution in [2.75, 3.05) is 33.0 Å². The van der Waals surface area contributed by atoms with E-state index < -0.39 is 0 Å². The van der Waals surface area contributed by atoms with Gasteiger partial charge in [0.25, 0.3) is 0 Å². The molecular weight excluding hydrogens is 258 g/mol. The van der Waals surface area contributed by atoms with E-state index in [0.29, 0.717) is 25.7 Å². The molecule has 5 heteroatoms. The predicted octanol–water partition coefficient (Wildman–Crippen LogP) is 1.10. The maximum Gasteiger partial charge on any atom is 0.224 e. The molecule has 1 heterocycles. The van der Waals surface area contributed by atoms with Gasteiger partial charge in [-0.25, -0.2) is 0 Å². The zero-order chi connectivity index (χ0) is 14.2. The molecular formula is C15H21NO4. The smallest absolute Gasteiger partial charge is 0.224 e. The van der Waals surface area contributed by atoms with Gasteiger partial charge in [0, 0.05) is 19.1 Å². The monoisotopic (exact) mass is 279 g/mol. The van der Waals surface area contributed by atoms with Crippen LogP contribution in [-0.2, 0) is 20.7 Å². The molecule has 0 unspecified atom stereocenters. The third kappa shape index (κ3) is 5.19. The molecule has 0 spiro atoms. The van der Waals surface area contributed by atoms with Crippen LogP contribution in [0.2, 0.25) is 0 Å². The highest BCUT2D eigenvalue weighted by atomic mass is 16.5. The highest BCUT2D eigenvalue weighted by Crippen LogP contribution is 2.12. The van der Waals surface area contributed by atoms with Crippen molar-refractivity contribution in [1.82, 2.24) is 5.32 Å². The molecule has 0 bridgehead atoms. The van der Waals surface area contributed by atoms with Gasteiger partial charge in [0.15, 0.2) is 0 Å². The molecule has 2 rings (SSSR count). The van der Waals surface area contributed by atoms with Crippen molar-refractivity contribution in [1.29, 1.82) is 0 Å². The first kappa shape index (κ1) is 14.8. The number of phenolic OH excluding ortho intramolecular Hbond substituents is 1. The summed E-state index contributed by atoms with van der Waals surface area (Å²) >= 11 is 0. The normalized spacial score (nSPS) is 18.1. The Balaban J connectivity index is 1.55. The summed E-state index contributed by atoms with van der Waals surface area (Å²) in [5, 5.41) is 12.1. The summed E-state index contributed by atoms with van der Waals surface area (Å²) in [4.78, 5) is 11.7. The number of carbonyl (C=O) groups is 1. The molecule has 2 N–H and O–H groups in total. The Morgan fingerprint density at radius 1 is 1.50 bits per heavy atom. The number of aromatic hydroxyl groups is 1. The van der Waals surface area contributed by atoms with Crippen LogP contribution in [0, 0.1) is 5.92 Å². The summed E-state index contributed by atoms with van der Waals surface area (Å²) in [6.07, 6.45) is 1.33. The zero-order valence-corrected chi connectivity index (χ0v) is 11.5. The zero-order valence-electron chi connectivity index (χ0n) is 11.5. The van der Waals surface area contributed by atoms with Gasteiger partial charge in [-0.3, -0.25) is 4.79 Å². The Hall–Kier alpha value is -1.59. The van der Waals surface area contributed by atoms with Crippen LogP contribution in [0.5, 0.6) is 5.75 Å².